The van der Waals surface area contributed by atoms with Gasteiger partial charge in [-0.15, -0.1) is 11.3 Å². The minimum absolute atomic E-state index is 0.237. The van der Waals surface area contributed by atoms with Crippen molar-refractivity contribution in [2.45, 2.75) is 26.3 Å². The number of rotatable bonds is 6. The Morgan fingerprint density at radius 1 is 1.06 bits per heavy atom. The summed E-state index contributed by atoms with van der Waals surface area (Å²) >= 11 is 1.29. The number of hydrogen-bond acceptors (Lipinski definition) is 6. The highest BCUT2D eigenvalue weighted by Crippen LogP contribution is 2.23. The number of hydrogen-bond donors (Lipinski definition) is 1. The predicted molar refractivity (Wildman–Crippen MR) is 112 cm³/mol. The van der Waals surface area contributed by atoms with E-state index in [2.05, 4.69) is 20.4 Å². The van der Waals surface area contributed by atoms with Crippen molar-refractivity contribution in [3.8, 4) is 11.4 Å². The molecule has 2 aromatic carbocycles. The number of aromatic nitrogens is 3. The van der Waals surface area contributed by atoms with Gasteiger partial charge in [-0.05, 0) is 55.8 Å². The third-order valence-electron chi connectivity index (χ3n) is 4.58. The van der Waals surface area contributed by atoms with Gasteiger partial charge in [0.1, 0.15) is 22.6 Å². The molecule has 1 unspecified atom stereocenters. The van der Waals surface area contributed by atoms with Gasteiger partial charge in [0.15, 0.2) is 0 Å². The Hall–Kier alpha value is -3.46. The molecule has 2 heterocycles. The molecule has 4 rings (SSSR count). The van der Waals surface area contributed by atoms with Gasteiger partial charge in [0.25, 0.3) is 5.91 Å². The SMILES string of the molecule is Cc1nc(Cc2ccc(F)cc2)sc1C(=O)NC(C)c1nc(-c2ccc(F)cc2)no1. The maximum atomic E-state index is 13.1. The molecule has 158 valence electrons. The second-order valence-corrected chi connectivity index (χ2v) is 8.07. The molecule has 0 saturated heterocycles. The van der Waals surface area contributed by atoms with Gasteiger partial charge < -0.3 is 9.84 Å². The molecule has 31 heavy (non-hydrogen) atoms. The first kappa shape index (κ1) is 20.8. The van der Waals surface area contributed by atoms with Crippen molar-refractivity contribution in [1.29, 1.82) is 0 Å². The Balaban J connectivity index is 1.44. The highest BCUT2D eigenvalue weighted by atomic mass is 32.1. The normalized spacial score (nSPS) is 12.0. The summed E-state index contributed by atoms with van der Waals surface area (Å²) in [6.07, 6.45) is 0.513. The Bertz CT molecular complexity index is 1200. The number of amides is 1. The molecule has 0 saturated carbocycles. The first-order chi connectivity index (χ1) is 14.9. The van der Waals surface area contributed by atoms with Crippen molar-refractivity contribution < 1.29 is 18.1 Å². The Morgan fingerprint density at radius 3 is 2.39 bits per heavy atom. The fourth-order valence-corrected chi connectivity index (χ4v) is 3.97. The summed E-state index contributed by atoms with van der Waals surface area (Å²) < 4.78 is 31.4. The van der Waals surface area contributed by atoms with Crippen LogP contribution in [0.5, 0.6) is 0 Å². The molecule has 2 aromatic heterocycles. The molecule has 0 aliphatic carbocycles. The van der Waals surface area contributed by atoms with Crippen LogP contribution in [0.2, 0.25) is 0 Å². The quantitative estimate of drug-likeness (QED) is 0.463. The zero-order valence-corrected chi connectivity index (χ0v) is 17.5. The topological polar surface area (TPSA) is 80.9 Å². The van der Waals surface area contributed by atoms with Crippen LogP contribution in [0.3, 0.4) is 0 Å². The molecule has 0 aliphatic heterocycles. The maximum absolute atomic E-state index is 13.1. The number of carbonyl (C=O) groups excluding carboxylic acids is 1. The van der Waals surface area contributed by atoms with E-state index >= 15 is 0 Å². The number of benzene rings is 2. The minimum Gasteiger partial charge on any atom is -0.340 e. The summed E-state index contributed by atoms with van der Waals surface area (Å²) in [6, 6.07) is 11.4. The molecular formula is C22H18F2N4O2S. The van der Waals surface area contributed by atoms with E-state index in [-0.39, 0.29) is 23.4 Å². The molecular weight excluding hydrogens is 422 g/mol. The van der Waals surface area contributed by atoms with E-state index in [1.807, 2.05) is 0 Å². The van der Waals surface area contributed by atoms with Crippen LogP contribution in [0.1, 0.15) is 44.8 Å². The van der Waals surface area contributed by atoms with Gasteiger partial charge in [-0.1, -0.05) is 17.3 Å². The highest BCUT2D eigenvalue weighted by Gasteiger charge is 2.21. The van der Waals surface area contributed by atoms with Crippen molar-refractivity contribution >= 4 is 17.2 Å². The molecule has 0 bridgehead atoms. The van der Waals surface area contributed by atoms with E-state index in [0.717, 1.165) is 10.6 Å². The van der Waals surface area contributed by atoms with E-state index in [1.165, 1.54) is 35.6 Å². The lowest BCUT2D eigenvalue weighted by Crippen LogP contribution is -2.26. The largest absolute Gasteiger partial charge is 0.340 e. The van der Waals surface area contributed by atoms with Crippen LogP contribution >= 0.6 is 11.3 Å². The summed E-state index contributed by atoms with van der Waals surface area (Å²) in [5.74, 6) is -0.397. The van der Waals surface area contributed by atoms with Crippen LogP contribution in [-0.4, -0.2) is 21.0 Å². The van der Waals surface area contributed by atoms with Crippen molar-refractivity contribution in [3.63, 3.8) is 0 Å². The van der Waals surface area contributed by atoms with E-state index in [0.29, 0.717) is 28.4 Å². The molecule has 9 heteroatoms. The fraction of sp³-hybridized carbons (Fsp3) is 0.182. The summed E-state index contributed by atoms with van der Waals surface area (Å²) in [5, 5.41) is 7.50. The Kier molecular flexibility index (Phi) is 5.85. The number of aryl methyl sites for hydroxylation is 1. The van der Waals surface area contributed by atoms with E-state index < -0.39 is 6.04 Å². The van der Waals surface area contributed by atoms with Gasteiger partial charge in [0.05, 0.1) is 10.7 Å². The smallest absolute Gasteiger partial charge is 0.263 e. The first-order valence-electron chi connectivity index (χ1n) is 9.50. The van der Waals surface area contributed by atoms with E-state index in [4.69, 9.17) is 4.52 Å². The molecule has 0 radical (unpaired) electrons. The van der Waals surface area contributed by atoms with Crippen LogP contribution in [-0.2, 0) is 6.42 Å². The molecule has 0 spiro atoms. The van der Waals surface area contributed by atoms with Crippen molar-refractivity contribution in [2.75, 3.05) is 0 Å². The maximum Gasteiger partial charge on any atom is 0.263 e. The highest BCUT2D eigenvalue weighted by molar-refractivity contribution is 7.13. The van der Waals surface area contributed by atoms with Gasteiger partial charge in [-0.25, -0.2) is 13.8 Å². The lowest BCUT2D eigenvalue weighted by atomic mass is 10.1. The molecule has 6 nitrogen and oxygen atoms in total. The second-order valence-electron chi connectivity index (χ2n) is 6.98. The van der Waals surface area contributed by atoms with Gasteiger partial charge in [-0.2, -0.15) is 4.98 Å². The average molecular weight is 440 g/mol. The summed E-state index contributed by atoms with van der Waals surface area (Å²) in [7, 11) is 0. The lowest BCUT2D eigenvalue weighted by molar-refractivity contribution is 0.0936. The van der Waals surface area contributed by atoms with Gasteiger partial charge in [0, 0.05) is 12.0 Å². The molecule has 4 aromatic rings. The van der Waals surface area contributed by atoms with Crippen LogP contribution in [0.25, 0.3) is 11.4 Å². The predicted octanol–water partition coefficient (Wildman–Crippen LogP) is 4.86. The van der Waals surface area contributed by atoms with Crippen LogP contribution < -0.4 is 5.32 Å². The molecule has 1 N–H and O–H groups in total. The Labute approximate surface area is 181 Å². The van der Waals surface area contributed by atoms with Gasteiger partial charge in [-0.3, -0.25) is 4.79 Å². The summed E-state index contributed by atoms with van der Waals surface area (Å²) in [5.41, 5.74) is 2.14. The monoisotopic (exact) mass is 440 g/mol. The van der Waals surface area contributed by atoms with Crippen molar-refractivity contribution in [3.05, 3.63) is 87.2 Å². The number of nitrogens with one attached hydrogen (secondary N) is 1. The zero-order valence-electron chi connectivity index (χ0n) is 16.7. The number of nitrogens with zero attached hydrogens (tertiary/aromatic N) is 3. The van der Waals surface area contributed by atoms with Crippen LogP contribution in [0.15, 0.2) is 53.1 Å². The standard InChI is InChI=1S/C22H18F2N4O2S/c1-12-19(31-18(25-12)11-14-3-7-16(23)8-4-14)21(29)26-13(2)22-27-20(28-30-22)15-5-9-17(24)10-6-15/h3-10,13H,11H2,1-2H3,(H,26,29). The van der Waals surface area contributed by atoms with E-state index in [1.54, 1.807) is 38.1 Å². The summed E-state index contributed by atoms with van der Waals surface area (Å²) in [4.78, 5) is 22.0. The third kappa shape index (κ3) is 4.83. The minimum atomic E-state index is -0.531. The molecule has 0 aliphatic rings. The van der Waals surface area contributed by atoms with Crippen molar-refractivity contribution in [1.82, 2.24) is 20.4 Å². The van der Waals surface area contributed by atoms with E-state index in [9.17, 15) is 13.6 Å². The number of carbonyl (C=O) groups is 1. The molecule has 1 atom stereocenters. The van der Waals surface area contributed by atoms with Gasteiger partial charge >= 0.3 is 0 Å². The number of thiazole rings is 1. The zero-order chi connectivity index (χ0) is 22.0. The summed E-state index contributed by atoms with van der Waals surface area (Å²) in [6.45, 7) is 3.50. The first-order valence-corrected chi connectivity index (χ1v) is 10.3. The Morgan fingerprint density at radius 2 is 1.71 bits per heavy atom. The second kappa shape index (κ2) is 8.73. The third-order valence-corrected chi connectivity index (χ3v) is 5.73. The molecule has 1 amide bonds. The van der Waals surface area contributed by atoms with Crippen LogP contribution in [0.4, 0.5) is 8.78 Å². The molecule has 0 fully saturated rings. The fourth-order valence-electron chi connectivity index (χ4n) is 2.97. The van der Waals surface area contributed by atoms with Crippen LogP contribution in [0, 0.1) is 18.6 Å². The van der Waals surface area contributed by atoms with Crippen molar-refractivity contribution in [2.24, 2.45) is 0 Å². The van der Waals surface area contributed by atoms with Gasteiger partial charge in [0.2, 0.25) is 11.7 Å². The average Bonchev–Trinajstić information content (AvgIpc) is 3.37. The lowest BCUT2D eigenvalue weighted by Gasteiger charge is -2.08. The number of halogens is 2.